The van der Waals surface area contributed by atoms with Crippen molar-refractivity contribution < 1.29 is 31.1 Å². The minimum Gasteiger partial charge on any atom is -0.493 e. The third kappa shape index (κ3) is 5.48. The van der Waals surface area contributed by atoms with Crippen molar-refractivity contribution in [3.63, 3.8) is 0 Å². The molecular formula is C23H23F3N4O4S2. The van der Waals surface area contributed by atoms with Crippen LogP contribution in [0.5, 0.6) is 5.75 Å². The van der Waals surface area contributed by atoms with Gasteiger partial charge in [-0.25, -0.2) is 13.4 Å². The maximum Gasteiger partial charge on any atom is 0.522 e. The van der Waals surface area contributed by atoms with Crippen LogP contribution in [-0.2, 0) is 14.8 Å². The van der Waals surface area contributed by atoms with Gasteiger partial charge in [0.2, 0.25) is 5.13 Å². The first-order valence-electron chi connectivity index (χ1n) is 11.3. The van der Waals surface area contributed by atoms with Gasteiger partial charge < -0.3 is 4.74 Å². The molecule has 1 saturated heterocycles. The summed E-state index contributed by atoms with van der Waals surface area (Å²) < 4.78 is 80.9. The Labute approximate surface area is 210 Å². The minimum atomic E-state index is -4.69. The highest BCUT2D eigenvalue weighted by atomic mass is 32.2. The van der Waals surface area contributed by atoms with Crippen LogP contribution in [-0.4, -0.2) is 48.3 Å². The lowest BCUT2D eigenvalue weighted by molar-refractivity contribution is -0.347. The first-order chi connectivity index (χ1) is 17.2. The van der Waals surface area contributed by atoms with Crippen LogP contribution in [0.2, 0.25) is 0 Å². The van der Waals surface area contributed by atoms with E-state index in [9.17, 15) is 21.6 Å². The number of nitrogens with one attached hydrogen (secondary N) is 1. The van der Waals surface area contributed by atoms with Gasteiger partial charge in [-0.1, -0.05) is 36.4 Å². The van der Waals surface area contributed by atoms with E-state index in [1.807, 2.05) is 30.3 Å². The molecule has 0 amide bonds. The molecule has 1 aromatic heterocycles. The van der Waals surface area contributed by atoms with Gasteiger partial charge in [0.25, 0.3) is 10.0 Å². The van der Waals surface area contributed by atoms with Crippen molar-refractivity contribution in [1.29, 1.82) is 0 Å². The number of fused-ring (bicyclic) bond motifs is 1. The average molecular weight is 541 g/mol. The third-order valence-corrected chi connectivity index (χ3v) is 8.41. The van der Waals surface area contributed by atoms with E-state index in [1.165, 1.54) is 18.5 Å². The van der Waals surface area contributed by atoms with Gasteiger partial charge >= 0.3 is 6.36 Å². The molecule has 13 heteroatoms. The highest BCUT2D eigenvalue weighted by molar-refractivity contribution is 7.93. The van der Waals surface area contributed by atoms with Crippen molar-refractivity contribution in [1.82, 2.24) is 14.3 Å². The number of anilines is 1. The van der Waals surface area contributed by atoms with Crippen LogP contribution in [0.4, 0.5) is 18.3 Å². The van der Waals surface area contributed by atoms with Crippen molar-refractivity contribution in [3.8, 4) is 5.75 Å². The maximum absolute atomic E-state index is 13.0. The molecule has 1 fully saturated rings. The van der Waals surface area contributed by atoms with Gasteiger partial charge in [0.1, 0.15) is 12.1 Å². The van der Waals surface area contributed by atoms with Crippen molar-refractivity contribution in [2.24, 2.45) is 0 Å². The number of halogens is 3. The van der Waals surface area contributed by atoms with Crippen LogP contribution >= 0.6 is 11.5 Å². The quantitative estimate of drug-likeness (QED) is 0.475. The normalized spacial score (nSPS) is 23.0. The summed E-state index contributed by atoms with van der Waals surface area (Å²) in [4.78, 5) is 6.05. The molecule has 0 radical (unpaired) electrons. The van der Waals surface area contributed by atoms with E-state index < -0.39 is 22.5 Å². The zero-order valence-corrected chi connectivity index (χ0v) is 20.5. The monoisotopic (exact) mass is 540 g/mol. The van der Waals surface area contributed by atoms with Crippen LogP contribution in [0, 0.1) is 0 Å². The fraction of sp³-hybridized carbons (Fsp3) is 0.391. The number of hydrogen-bond acceptors (Lipinski definition) is 8. The van der Waals surface area contributed by atoms with E-state index in [4.69, 9.17) is 4.74 Å². The Kier molecular flexibility index (Phi) is 6.90. The van der Waals surface area contributed by atoms with Crippen molar-refractivity contribution >= 4 is 26.7 Å². The smallest absolute Gasteiger partial charge is 0.493 e. The van der Waals surface area contributed by atoms with E-state index in [-0.39, 0.29) is 35.0 Å². The molecule has 2 aliphatic rings. The number of piperidine rings is 1. The molecule has 0 aliphatic carbocycles. The molecule has 3 heterocycles. The first-order valence-corrected chi connectivity index (χ1v) is 13.6. The Bertz CT molecular complexity index is 1290. The maximum atomic E-state index is 13.0. The average Bonchev–Trinajstić information content (AvgIpc) is 3.35. The van der Waals surface area contributed by atoms with Crippen molar-refractivity contribution in [2.75, 3.05) is 17.9 Å². The van der Waals surface area contributed by atoms with E-state index in [0.29, 0.717) is 25.3 Å². The third-order valence-electron chi connectivity index (χ3n) is 6.37. The molecule has 192 valence electrons. The molecule has 0 saturated carbocycles. The van der Waals surface area contributed by atoms with E-state index in [2.05, 4.69) is 23.7 Å². The zero-order chi connectivity index (χ0) is 25.3. The summed E-state index contributed by atoms with van der Waals surface area (Å²) in [6.07, 6.45) is -3.33. The highest BCUT2D eigenvalue weighted by Gasteiger charge is 2.41. The lowest BCUT2D eigenvalue weighted by Gasteiger charge is -2.45. The van der Waals surface area contributed by atoms with Crippen LogP contribution in [0.25, 0.3) is 0 Å². The van der Waals surface area contributed by atoms with Gasteiger partial charge in [0.15, 0.2) is 0 Å². The molecule has 0 bridgehead atoms. The fourth-order valence-corrected chi connectivity index (χ4v) is 6.55. The number of rotatable bonds is 6. The highest BCUT2D eigenvalue weighted by Crippen LogP contribution is 2.45. The summed E-state index contributed by atoms with van der Waals surface area (Å²) in [5, 5.41) is 0.154. The SMILES string of the molecule is O=S(=O)(Nc1ncns1)c1ccc2c(c1)OCC[C@@H]2N1CC[C@@H](OC(F)(F)F)C[C@H]1c1ccccc1. The first kappa shape index (κ1) is 24.9. The number of likely N-dealkylation sites (tertiary alicyclic amines) is 1. The van der Waals surface area contributed by atoms with Crippen molar-refractivity contribution in [3.05, 3.63) is 66.0 Å². The molecule has 3 aromatic rings. The number of hydrogen-bond donors (Lipinski definition) is 1. The van der Waals surface area contributed by atoms with Crippen LogP contribution < -0.4 is 9.46 Å². The molecule has 3 atom stereocenters. The zero-order valence-electron chi connectivity index (χ0n) is 18.9. The van der Waals surface area contributed by atoms with Gasteiger partial charge in [-0.3, -0.25) is 14.4 Å². The standard InChI is InChI=1S/C23H23F3N4O4S2/c24-23(25,26)34-16-8-10-30(20(12-16)15-4-2-1-3-5-15)19-9-11-33-21-13-17(6-7-18(19)21)36(31,32)29-22-27-14-28-35-22/h1-7,13-14,16,19-20H,8-12H2,(H,27,28,29)/t16-,19+,20+/m1/s1. The van der Waals surface area contributed by atoms with E-state index >= 15 is 0 Å². The molecule has 5 rings (SSSR count). The summed E-state index contributed by atoms with van der Waals surface area (Å²) in [6, 6.07) is 13.6. The van der Waals surface area contributed by atoms with Crippen LogP contribution in [0.3, 0.4) is 0 Å². The van der Waals surface area contributed by atoms with Gasteiger partial charge in [-0.15, -0.1) is 13.2 Å². The fourth-order valence-electron chi connectivity index (χ4n) is 4.88. The summed E-state index contributed by atoms with van der Waals surface area (Å²) >= 11 is 0.924. The van der Waals surface area contributed by atoms with Crippen LogP contribution in [0.1, 0.15) is 42.5 Å². The second-order valence-corrected chi connectivity index (χ2v) is 11.0. The number of aromatic nitrogens is 2. The second kappa shape index (κ2) is 9.96. The van der Waals surface area contributed by atoms with Gasteiger partial charge in [0, 0.05) is 48.2 Å². The Balaban J connectivity index is 1.43. The number of nitrogens with zero attached hydrogens (tertiary/aromatic N) is 3. The Morgan fingerprint density at radius 1 is 1.11 bits per heavy atom. The molecule has 1 N–H and O–H groups in total. The summed E-state index contributed by atoms with van der Waals surface area (Å²) in [6.45, 7) is 0.745. The topological polar surface area (TPSA) is 93.7 Å². The molecular weight excluding hydrogens is 517 g/mol. The minimum absolute atomic E-state index is 0.0222. The summed E-state index contributed by atoms with van der Waals surface area (Å²) in [7, 11) is -3.90. The number of sulfonamides is 1. The van der Waals surface area contributed by atoms with E-state index in [1.54, 1.807) is 6.07 Å². The Morgan fingerprint density at radius 3 is 2.64 bits per heavy atom. The lowest BCUT2D eigenvalue weighted by Crippen LogP contribution is -2.44. The molecule has 2 aliphatic heterocycles. The van der Waals surface area contributed by atoms with Gasteiger partial charge in [-0.05, 0) is 24.5 Å². The Hall–Kier alpha value is -2.74. The van der Waals surface area contributed by atoms with Gasteiger partial charge in [-0.2, -0.15) is 4.37 Å². The van der Waals surface area contributed by atoms with E-state index in [0.717, 1.165) is 22.7 Å². The second-order valence-electron chi connectivity index (χ2n) is 8.58. The number of alkyl halides is 3. The summed E-state index contributed by atoms with van der Waals surface area (Å²) in [5.41, 5.74) is 1.70. The number of ether oxygens (including phenoxy) is 2. The molecule has 0 unspecified atom stereocenters. The molecule has 2 aromatic carbocycles. The predicted octanol–water partition coefficient (Wildman–Crippen LogP) is 4.90. The van der Waals surface area contributed by atoms with Crippen molar-refractivity contribution in [2.45, 2.75) is 48.7 Å². The molecule has 36 heavy (non-hydrogen) atoms. The van der Waals surface area contributed by atoms with Gasteiger partial charge in [0.05, 0.1) is 17.6 Å². The Morgan fingerprint density at radius 2 is 1.92 bits per heavy atom. The number of benzene rings is 2. The predicted molar refractivity (Wildman–Crippen MR) is 126 cm³/mol. The molecule has 8 nitrogen and oxygen atoms in total. The largest absolute Gasteiger partial charge is 0.522 e. The lowest BCUT2D eigenvalue weighted by atomic mass is 9.88. The summed E-state index contributed by atoms with van der Waals surface area (Å²) in [5.74, 6) is 0.437. The van der Waals surface area contributed by atoms with Crippen LogP contribution in [0.15, 0.2) is 59.8 Å². The molecule has 0 spiro atoms.